The van der Waals surface area contributed by atoms with E-state index in [1.54, 1.807) is 19.2 Å². The van der Waals surface area contributed by atoms with E-state index < -0.39 is 10.0 Å². The predicted molar refractivity (Wildman–Crippen MR) is 111 cm³/mol. The van der Waals surface area contributed by atoms with E-state index in [9.17, 15) is 8.42 Å². The third-order valence-corrected chi connectivity index (χ3v) is 6.65. The molecule has 0 amide bonds. The van der Waals surface area contributed by atoms with E-state index in [2.05, 4.69) is 0 Å². The van der Waals surface area contributed by atoms with Gasteiger partial charge in [-0.25, -0.2) is 8.42 Å². The Morgan fingerprint density at radius 2 is 1.61 bits per heavy atom. The van der Waals surface area contributed by atoms with Crippen molar-refractivity contribution in [3.63, 3.8) is 0 Å². The quantitative estimate of drug-likeness (QED) is 0.661. The van der Waals surface area contributed by atoms with Crippen LogP contribution in [0.25, 0.3) is 11.6 Å². The van der Waals surface area contributed by atoms with E-state index in [1.807, 2.05) is 72.8 Å². The lowest BCUT2D eigenvalue weighted by Crippen LogP contribution is -2.33. The molecule has 0 unspecified atom stereocenters. The summed E-state index contributed by atoms with van der Waals surface area (Å²) < 4.78 is 32.3. The predicted octanol–water partition coefficient (Wildman–Crippen LogP) is 4.44. The second kappa shape index (κ2) is 7.62. The molecule has 0 N–H and O–H groups in total. The van der Waals surface area contributed by atoms with E-state index in [0.29, 0.717) is 18.0 Å². The Kier molecular flexibility index (Phi) is 5.03. The molecule has 0 spiro atoms. The third-order valence-electron chi connectivity index (χ3n) is 4.78. The van der Waals surface area contributed by atoms with Crippen LogP contribution in [0.1, 0.15) is 16.7 Å². The van der Waals surface area contributed by atoms with Crippen molar-refractivity contribution in [1.82, 2.24) is 4.31 Å². The minimum Gasteiger partial charge on any atom is -0.489 e. The highest BCUT2D eigenvalue weighted by molar-refractivity contribution is 7.89. The van der Waals surface area contributed by atoms with Gasteiger partial charge in [-0.15, -0.1) is 0 Å². The molecule has 4 rings (SSSR count). The maximum Gasteiger partial charge on any atom is 0.243 e. The highest BCUT2D eigenvalue weighted by Crippen LogP contribution is 2.33. The molecule has 28 heavy (non-hydrogen) atoms. The largest absolute Gasteiger partial charge is 0.489 e. The van der Waals surface area contributed by atoms with E-state index >= 15 is 0 Å². The number of hydrogen-bond donors (Lipinski definition) is 0. The Labute approximate surface area is 165 Å². The van der Waals surface area contributed by atoms with Crippen LogP contribution in [0, 0.1) is 0 Å². The lowest BCUT2D eigenvalue weighted by molar-refractivity contribution is 0.306. The second-order valence-corrected chi connectivity index (χ2v) is 8.78. The molecule has 1 aliphatic heterocycles. The summed E-state index contributed by atoms with van der Waals surface area (Å²) in [6, 6.07) is 25.0. The zero-order valence-electron chi connectivity index (χ0n) is 15.6. The summed E-state index contributed by atoms with van der Waals surface area (Å²) in [6.07, 6.45) is 2.03. The summed E-state index contributed by atoms with van der Waals surface area (Å²) in [5.74, 6) is 0.801. The van der Waals surface area contributed by atoms with Crippen molar-refractivity contribution in [2.45, 2.75) is 11.5 Å². The molecule has 0 fully saturated rings. The summed E-state index contributed by atoms with van der Waals surface area (Å²) in [7, 11) is -1.80. The summed E-state index contributed by atoms with van der Waals surface area (Å²) in [5, 5.41) is 0. The molecular formula is C23H21NO3S. The van der Waals surface area contributed by atoms with Crippen molar-refractivity contribution < 1.29 is 13.2 Å². The normalized spacial score (nSPS) is 17.2. The average Bonchev–Trinajstić information content (AvgIpc) is 2.72. The maximum atomic E-state index is 12.5. The molecule has 0 aliphatic carbocycles. The Morgan fingerprint density at radius 1 is 0.929 bits per heavy atom. The number of ether oxygens (including phenoxy) is 1. The van der Waals surface area contributed by atoms with Crippen LogP contribution < -0.4 is 4.74 Å². The first-order chi connectivity index (χ1) is 13.5. The van der Waals surface area contributed by atoms with Crippen LogP contribution in [0.2, 0.25) is 0 Å². The topological polar surface area (TPSA) is 46.6 Å². The number of sulfonamides is 1. The Balaban J connectivity index is 1.56. The molecular weight excluding hydrogens is 370 g/mol. The lowest BCUT2D eigenvalue weighted by Gasteiger charge is -2.27. The highest BCUT2D eigenvalue weighted by atomic mass is 32.2. The second-order valence-electron chi connectivity index (χ2n) is 6.77. The SMILES string of the molecule is CN1C/C(=C\c2ccc(OCc3ccccc3)cc2)c2ccccc2S1(=O)=O. The van der Waals surface area contributed by atoms with Gasteiger partial charge in [0.15, 0.2) is 0 Å². The monoisotopic (exact) mass is 391 g/mol. The van der Waals surface area contributed by atoms with Gasteiger partial charge in [-0.3, -0.25) is 0 Å². The minimum atomic E-state index is -3.41. The van der Waals surface area contributed by atoms with Crippen molar-refractivity contribution in [2.75, 3.05) is 13.6 Å². The Morgan fingerprint density at radius 3 is 2.36 bits per heavy atom. The molecule has 0 saturated carbocycles. The van der Waals surface area contributed by atoms with Crippen LogP contribution in [0.15, 0.2) is 83.8 Å². The molecule has 142 valence electrons. The fraction of sp³-hybridized carbons (Fsp3) is 0.130. The molecule has 3 aromatic carbocycles. The minimum absolute atomic E-state index is 0.353. The number of likely N-dealkylation sites (N-methyl/N-ethyl adjacent to an activating group) is 1. The van der Waals surface area contributed by atoms with E-state index in [1.165, 1.54) is 4.31 Å². The van der Waals surface area contributed by atoms with Gasteiger partial charge < -0.3 is 4.74 Å². The number of benzene rings is 3. The van der Waals surface area contributed by atoms with Crippen LogP contribution in [0.4, 0.5) is 0 Å². The van der Waals surface area contributed by atoms with Crippen LogP contribution in [-0.4, -0.2) is 26.3 Å². The smallest absolute Gasteiger partial charge is 0.243 e. The van der Waals surface area contributed by atoms with E-state index in [-0.39, 0.29) is 0 Å². The fourth-order valence-corrected chi connectivity index (χ4v) is 4.63. The van der Waals surface area contributed by atoms with Gasteiger partial charge >= 0.3 is 0 Å². The van der Waals surface area contributed by atoms with Crippen LogP contribution in [0.3, 0.4) is 0 Å². The highest BCUT2D eigenvalue weighted by Gasteiger charge is 2.30. The number of nitrogens with zero attached hydrogens (tertiary/aromatic N) is 1. The van der Waals surface area contributed by atoms with Gasteiger partial charge in [0.2, 0.25) is 10.0 Å². The van der Waals surface area contributed by atoms with Crippen molar-refractivity contribution in [3.8, 4) is 5.75 Å². The van der Waals surface area contributed by atoms with Crippen LogP contribution in [-0.2, 0) is 16.6 Å². The number of rotatable bonds is 4. The number of hydrogen-bond acceptors (Lipinski definition) is 3. The molecule has 0 aromatic heterocycles. The Bertz CT molecular complexity index is 1100. The molecule has 5 heteroatoms. The van der Waals surface area contributed by atoms with Gasteiger partial charge in [0.25, 0.3) is 0 Å². The molecule has 0 atom stereocenters. The molecule has 4 nitrogen and oxygen atoms in total. The van der Waals surface area contributed by atoms with E-state index in [0.717, 1.165) is 28.0 Å². The zero-order valence-corrected chi connectivity index (χ0v) is 16.4. The van der Waals surface area contributed by atoms with E-state index in [4.69, 9.17) is 4.74 Å². The van der Waals surface area contributed by atoms with Crippen LogP contribution in [0.5, 0.6) is 5.75 Å². The van der Waals surface area contributed by atoms with Gasteiger partial charge in [0.1, 0.15) is 12.4 Å². The standard InChI is InChI=1S/C23H21NO3S/c1-24-16-20(22-9-5-6-10-23(22)28(24,25)26)15-18-11-13-21(14-12-18)27-17-19-7-3-2-4-8-19/h2-15H,16-17H2,1H3/b20-15+. The van der Waals surface area contributed by atoms with Crippen molar-refractivity contribution in [2.24, 2.45) is 0 Å². The molecule has 1 aliphatic rings. The summed E-state index contributed by atoms with van der Waals surface area (Å²) in [5.41, 5.74) is 3.87. The van der Waals surface area contributed by atoms with Crippen molar-refractivity contribution in [3.05, 3.63) is 95.6 Å². The third kappa shape index (κ3) is 3.72. The molecule has 1 heterocycles. The van der Waals surface area contributed by atoms with Crippen LogP contribution >= 0.6 is 0 Å². The van der Waals surface area contributed by atoms with Crippen molar-refractivity contribution >= 4 is 21.7 Å². The Hall–Kier alpha value is -2.89. The molecule has 0 saturated heterocycles. The van der Waals surface area contributed by atoms with Gasteiger partial charge in [-0.1, -0.05) is 60.7 Å². The first-order valence-electron chi connectivity index (χ1n) is 9.07. The first-order valence-corrected chi connectivity index (χ1v) is 10.5. The van der Waals surface area contributed by atoms with Gasteiger partial charge in [-0.2, -0.15) is 4.31 Å². The van der Waals surface area contributed by atoms with Gasteiger partial charge in [-0.05, 0) is 46.5 Å². The fourth-order valence-electron chi connectivity index (χ4n) is 3.26. The molecule has 0 bridgehead atoms. The molecule has 0 radical (unpaired) electrons. The summed E-state index contributed by atoms with van der Waals surface area (Å²) >= 11 is 0. The average molecular weight is 391 g/mol. The zero-order chi connectivity index (χ0) is 19.6. The van der Waals surface area contributed by atoms with Gasteiger partial charge in [0, 0.05) is 13.6 Å². The van der Waals surface area contributed by atoms with Crippen molar-refractivity contribution in [1.29, 1.82) is 0 Å². The number of fused-ring (bicyclic) bond motifs is 1. The first kappa shape index (κ1) is 18.5. The summed E-state index contributed by atoms with van der Waals surface area (Å²) in [4.78, 5) is 0.359. The molecule has 3 aromatic rings. The lowest BCUT2D eigenvalue weighted by atomic mass is 10.0. The maximum absolute atomic E-state index is 12.5. The summed E-state index contributed by atoms with van der Waals surface area (Å²) in [6.45, 7) is 0.878. The van der Waals surface area contributed by atoms with Gasteiger partial charge in [0.05, 0.1) is 4.90 Å².